The van der Waals surface area contributed by atoms with Crippen molar-refractivity contribution < 1.29 is 17.6 Å². The first-order chi connectivity index (χ1) is 10.8. The fourth-order valence-electron chi connectivity index (χ4n) is 2.27. The molecule has 0 unspecified atom stereocenters. The number of benzene rings is 2. The summed E-state index contributed by atoms with van der Waals surface area (Å²) in [6.07, 6.45) is -4.64. The number of fused-ring (bicyclic) bond motifs is 1. The second kappa shape index (κ2) is 5.62. The normalized spacial score (nSPS) is 11.9. The van der Waals surface area contributed by atoms with E-state index < -0.39 is 17.4 Å². The molecule has 118 valence electrons. The monoisotopic (exact) mass is 356 g/mol. The van der Waals surface area contributed by atoms with Crippen LogP contribution in [-0.2, 0) is 6.18 Å². The molecule has 0 saturated carbocycles. The molecule has 3 rings (SSSR count). The molecule has 0 fully saturated rings. The molecular formula is C16H8ClF3O2S. The predicted molar refractivity (Wildman–Crippen MR) is 85.2 cm³/mol. The van der Waals surface area contributed by atoms with Crippen LogP contribution in [0.4, 0.5) is 13.2 Å². The average Bonchev–Trinajstić information content (AvgIpc) is 2.46. The van der Waals surface area contributed by atoms with Crippen LogP contribution in [0.1, 0.15) is 5.56 Å². The molecule has 0 radical (unpaired) electrons. The fourth-order valence-corrected chi connectivity index (χ4v) is 2.64. The first kappa shape index (κ1) is 16.0. The summed E-state index contributed by atoms with van der Waals surface area (Å²) in [5.41, 5.74) is -2.03. The summed E-state index contributed by atoms with van der Waals surface area (Å²) in [6, 6.07) is 9.41. The molecule has 23 heavy (non-hydrogen) atoms. The molecule has 0 aliphatic carbocycles. The Labute approximate surface area is 138 Å². The maximum Gasteiger partial charge on any atom is 0.417 e. The molecule has 1 aromatic heterocycles. The molecule has 0 aliphatic heterocycles. The second-order valence-electron chi connectivity index (χ2n) is 4.86. The third-order valence-corrected chi connectivity index (χ3v) is 3.81. The van der Waals surface area contributed by atoms with Crippen molar-refractivity contribution in [2.45, 2.75) is 11.1 Å². The zero-order valence-electron chi connectivity index (χ0n) is 11.3. The molecule has 0 N–H and O–H groups in total. The lowest BCUT2D eigenvalue weighted by atomic mass is 10.00. The van der Waals surface area contributed by atoms with Crippen molar-refractivity contribution in [3.8, 4) is 11.1 Å². The van der Waals surface area contributed by atoms with Crippen LogP contribution in [0.3, 0.4) is 0 Å². The average molecular weight is 357 g/mol. The highest BCUT2D eigenvalue weighted by Gasteiger charge is 2.34. The highest BCUT2D eigenvalue weighted by atomic mass is 35.5. The van der Waals surface area contributed by atoms with Gasteiger partial charge in [0.25, 0.3) is 0 Å². The summed E-state index contributed by atoms with van der Waals surface area (Å²) in [7, 11) is 0. The Bertz CT molecular complexity index is 964. The SMILES string of the molecule is O=c1oc2cc(S)ccc2cc1-c1ccc(Cl)cc1C(F)(F)F. The molecule has 0 bridgehead atoms. The molecule has 3 aromatic rings. The molecule has 2 nitrogen and oxygen atoms in total. The van der Waals surface area contributed by atoms with E-state index in [0.717, 1.165) is 12.1 Å². The van der Waals surface area contributed by atoms with E-state index in [1.54, 1.807) is 12.1 Å². The van der Waals surface area contributed by atoms with Crippen molar-refractivity contribution in [1.29, 1.82) is 0 Å². The molecule has 0 spiro atoms. The van der Waals surface area contributed by atoms with Gasteiger partial charge < -0.3 is 4.42 Å². The molecule has 0 saturated heterocycles. The summed E-state index contributed by atoms with van der Waals surface area (Å²) in [4.78, 5) is 12.7. The third kappa shape index (κ3) is 3.09. The topological polar surface area (TPSA) is 30.2 Å². The van der Waals surface area contributed by atoms with Crippen LogP contribution in [0.15, 0.2) is 56.6 Å². The molecule has 1 heterocycles. The van der Waals surface area contributed by atoms with E-state index in [1.807, 2.05) is 0 Å². The Morgan fingerprint density at radius 2 is 1.74 bits per heavy atom. The van der Waals surface area contributed by atoms with Crippen molar-refractivity contribution >= 4 is 35.2 Å². The molecule has 0 aliphatic rings. The minimum absolute atomic E-state index is 0.0639. The second-order valence-corrected chi connectivity index (χ2v) is 5.81. The van der Waals surface area contributed by atoms with Crippen molar-refractivity contribution in [3.63, 3.8) is 0 Å². The standard InChI is InChI=1S/C16H8ClF3O2S/c17-9-2-4-11(13(6-9)16(18,19)20)12-5-8-1-3-10(23)7-14(8)22-15(12)21/h1-7,23H. The van der Waals surface area contributed by atoms with Gasteiger partial charge in [-0.3, -0.25) is 0 Å². The van der Waals surface area contributed by atoms with Gasteiger partial charge >= 0.3 is 11.8 Å². The van der Waals surface area contributed by atoms with E-state index >= 15 is 0 Å². The highest BCUT2D eigenvalue weighted by Crippen LogP contribution is 2.38. The predicted octanol–water partition coefficient (Wildman–Crippen LogP) is 5.42. The van der Waals surface area contributed by atoms with E-state index in [4.69, 9.17) is 16.0 Å². The lowest BCUT2D eigenvalue weighted by Gasteiger charge is -2.13. The van der Waals surface area contributed by atoms with Gasteiger partial charge in [-0.1, -0.05) is 23.7 Å². The number of alkyl halides is 3. The Kier molecular flexibility index (Phi) is 3.90. The zero-order valence-corrected chi connectivity index (χ0v) is 13.0. The van der Waals surface area contributed by atoms with Crippen LogP contribution in [-0.4, -0.2) is 0 Å². The van der Waals surface area contributed by atoms with Gasteiger partial charge in [-0.2, -0.15) is 13.2 Å². The minimum Gasteiger partial charge on any atom is -0.422 e. The van der Waals surface area contributed by atoms with Crippen molar-refractivity contribution in [2.24, 2.45) is 0 Å². The summed E-state index contributed by atoms with van der Waals surface area (Å²) >= 11 is 9.78. The van der Waals surface area contributed by atoms with Crippen molar-refractivity contribution in [1.82, 2.24) is 0 Å². The Morgan fingerprint density at radius 1 is 1.00 bits per heavy atom. The third-order valence-electron chi connectivity index (χ3n) is 3.30. The van der Waals surface area contributed by atoms with Gasteiger partial charge in [0.15, 0.2) is 0 Å². The van der Waals surface area contributed by atoms with Gasteiger partial charge in [0.2, 0.25) is 0 Å². The summed E-state index contributed by atoms with van der Waals surface area (Å²) in [5.74, 6) is 0. The first-order valence-corrected chi connectivity index (χ1v) is 7.22. The fraction of sp³-hybridized carbons (Fsp3) is 0.0625. The maximum atomic E-state index is 13.2. The number of rotatable bonds is 1. The van der Waals surface area contributed by atoms with E-state index in [1.165, 1.54) is 18.2 Å². The largest absolute Gasteiger partial charge is 0.422 e. The minimum atomic E-state index is -4.64. The Morgan fingerprint density at radius 3 is 2.43 bits per heavy atom. The van der Waals surface area contributed by atoms with Crippen LogP contribution in [0.5, 0.6) is 0 Å². The van der Waals surface area contributed by atoms with E-state index in [2.05, 4.69) is 12.6 Å². The number of hydrogen-bond acceptors (Lipinski definition) is 3. The molecule has 7 heteroatoms. The lowest BCUT2D eigenvalue weighted by molar-refractivity contribution is -0.137. The number of thiol groups is 1. The molecule has 0 amide bonds. The van der Waals surface area contributed by atoms with Crippen LogP contribution in [0.25, 0.3) is 22.1 Å². The maximum absolute atomic E-state index is 13.2. The van der Waals surface area contributed by atoms with Gasteiger partial charge in [-0.15, -0.1) is 12.6 Å². The first-order valence-electron chi connectivity index (χ1n) is 6.40. The van der Waals surface area contributed by atoms with Crippen LogP contribution >= 0.6 is 24.2 Å². The van der Waals surface area contributed by atoms with E-state index in [9.17, 15) is 18.0 Å². The highest BCUT2D eigenvalue weighted by molar-refractivity contribution is 7.80. The molecular weight excluding hydrogens is 349 g/mol. The lowest BCUT2D eigenvalue weighted by Crippen LogP contribution is -2.11. The summed E-state index contributed by atoms with van der Waals surface area (Å²) in [6.45, 7) is 0. The quantitative estimate of drug-likeness (QED) is 0.466. The summed E-state index contributed by atoms with van der Waals surface area (Å²) < 4.78 is 44.8. The van der Waals surface area contributed by atoms with Gasteiger partial charge in [0.1, 0.15) is 5.58 Å². The van der Waals surface area contributed by atoms with Crippen molar-refractivity contribution in [3.05, 3.63) is 63.5 Å². The van der Waals surface area contributed by atoms with E-state index in [-0.39, 0.29) is 21.7 Å². The summed E-state index contributed by atoms with van der Waals surface area (Å²) in [5, 5.41) is 0.437. The van der Waals surface area contributed by atoms with Gasteiger partial charge in [-0.25, -0.2) is 4.79 Å². The van der Waals surface area contributed by atoms with Crippen molar-refractivity contribution in [2.75, 3.05) is 0 Å². The van der Waals surface area contributed by atoms with Crippen LogP contribution in [0, 0.1) is 0 Å². The smallest absolute Gasteiger partial charge is 0.417 e. The molecule has 2 aromatic carbocycles. The van der Waals surface area contributed by atoms with Gasteiger partial charge in [0, 0.05) is 20.9 Å². The number of hydrogen-bond donors (Lipinski definition) is 1. The van der Waals surface area contributed by atoms with Gasteiger partial charge in [0.05, 0.1) is 11.1 Å². The van der Waals surface area contributed by atoms with E-state index in [0.29, 0.717) is 10.3 Å². The molecule has 0 atom stereocenters. The Balaban J connectivity index is 2.31. The van der Waals surface area contributed by atoms with Gasteiger partial charge in [-0.05, 0) is 30.3 Å². The van der Waals surface area contributed by atoms with Crippen LogP contribution < -0.4 is 5.63 Å². The number of halogens is 4. The zero-order chi connectivity index (χ0) is 16.8. The van der Waals surface area contributed by atoms with Crippen LogP contribution in [0.2, 0.25) is 5.02 Å². The Hall–Kier alpha value is -1.92.